The number of aliphatic carboxylic acids is 1. The zero-order chi connectivity index (χ0) is 12.6. The van der Waals surface area contributed by atoms with Gasteiger partial charge in [-0.1, -0.05) is 31.5 Å². The second-order valence-electron chi connectivity index (χ2n) is 5.40. The van der Waals surface area contributed by atoms with Crippen molar-refractivity contribution in [3.8, 4) is 0 Å². The monoisotopic (exact) mass is 252 g/mol. The predicted molar refractivity (Wildman–Crippen MR) is 68.8 cm³/mol. The number of aryl methyl sites for hydroxylation is 1. The van der Waals surface area contributed by atoms with Crippen LogP contribution in [0.25, 0.3) is 0 Å². The van der Waals surface area contributed by atoms with E-state index in [0.29, 0.717) is 0 Å². The van der Waals surface area contributed by atoms with E-state index >= 15 is 0 Å². The van der Waals surface area contributed by atoms with Gasteiger partial charge in [0, 0.05) is 10.4 Å². The molecule has 0 amide bonds. The summed E-state index contributed by atoms with van der Waals surface area (Å²) in [5.41, 5.74) is 3.21. The Kier molecular flexibility index (Phi) is 3.17. The molecule has 1 aliphatic carbocycles. The molecule has 2 nitrogen and oxygen atoms in total. The third-order valence-electron chi connectivity index (χ3n) is 3.54. The maximum atomic E-state index is 10.9. The van der Waals surface area contributed by atoms with Gasteiger partial charge in [-0.3, -0.25) is 4.79 Å². The van der Waals surface area contributed by atoms with Crippen LogP contribution in [0.5, 0.6) is 0 Å². The van der Waals surface area contributed by atoms with Crippen molar-refractivity contribution in [2.45, 2.75) is 44.9 Å². The summed E-state index contributed by atoms with van der Waals surface area (Å²) in [6.45, 7) is 3.91. The maximum Gasteiger partial charge on any atom is 0.304 e. The summed E-state index contributed by atoms with van der Waals surface area (Å²) in [7, 11) is 0. The SMILES string of the molecule is CC(C)(CC(=O)O)c1cc(Cl)c2c(c1)CCC2. The van der Waals surface area contributed by atoms with Gasteiger partial charge in [0.1, 0.15) is 0 Å². The Morgan fingerprint density at radius 2 is 2.12 bits per heavy atom. The minimum absolute atomic E-state index is 0.127. The van der Waals surface area contributed by atoms with Gasteiger partial charge >= 0.3 is 5.97 Å². The van der Waals surface area contributed by atoms with Crippen LogP contribution in [0, 0.1) is 0 Å². The number of benzene rings is 1. The lowest BCUT2D eigenvalue weighted by Gasteiger charge is -2.24. The molecule has 0 saturated carbocycles. The largest absolute Gasteiger partial charge is 0.481 e. The normalized spacial score (nSPS) is 14.8. The highest BCUT2D eigenvalue weighted by Crippen LogP contribution is 2.36. The smallest absolute Gasteiger partial charge is 0.304 e. The van der Waals surface area contributed by atoms with E-state index in [0.717, 1.165) is 29.8 Å². The van der Waals surface area contributed by atoms with E-state index in [9.17, 15) is 4.79 Å². The summed E-state index contributed by atoms with van der Waals surface area (Å²) in [6.07, 6.45) is 3.39. The molecule has 92 valence electrons. The molecule has 2 rings (SSSR count). The Hall–Kier alpha value is -1.02. The lowest BCUT2D eigenvalue weighted by molar-refractivity contribution is -0.138. The van der Waals surface area contributed by atoms with E-state index in [-0.39, 0.29) is 11.8 Å². The first-order valence-corrected chi connectivity index (χ1v) is 6.31. The summed E-state index contributed by atoms with van der Waals surface area (Å²) >= 11 is 6.27. The van der Waals surface area contributed by atoms with Crippen LogP contribution in [-0.2, 0) is 23.1 Å². The van der Waals surface area contributed by atoms with Crippen molar-refractivity contribution >= 4 is 17.6 Å². The molecule has 1 aliphatic rings. The molecule has 1 N–H and O–H groups in total. The van der Waals surface area contributed by atoms with Crippen molar-refractivity contribution in [3.63, 3.8) is 0 Å². The van der Waals surface area contributed by atoms with Crippen molar-refractivity contribution in [1.82, 2.24) is 0 Å². The number of hydrogen-bond donors (Lipinski definition) is 1. The standard InChI is InChI=1S/C14H17ClO2/c1-14(2,8-13(16)17)10-6-9-4-3-5-11(9)12(15)7-10/h6-7H,3-5,8H2,1-2H3,(H,16,17). The zero-order valence-electron chi connectivity index (χ0n) is 10.2. The average Bonchev–Trinajstić information content (AvgIpc) is 2.63. The molecule has 0 aromatic heterocycles. The highest BCUT2D eigenvalue weighted by molar-refractivity contribution is 6.31. The van der Waals surface area contributed by atoms with Crippen LogP contribution >= 0.6 is 11.6 Å². The molecule has 0 aliphatic heterocycles. The molecular weight excluding hydrogens is 236 g/mol. The van der Waals surface area contributed by atoms with Crippen LogP contribution in [-0.4, -0.2) is 11.1 Å². The zero-order valence-corrected chi connectivity index (χ0v) is 11.0. The first kappa shape index (κ1) is 12.4. The number of rotatable bonds is 3. The second-order valence-corrected chi connectivity index (χ2v) is 5.81. The topological polar surface area (TPSA) is 37.3 Å². The predicted octanol–water partition coefficient (Wildman–Crippen LogP) is 3.58. The van der Waals surface area contributed by atoms with Gasteiger partial charge in [-0.15, -0.1) is 0 Å². The van der Waals surface area contributed by atoms with Crippen molar-refractivity contribution in [2.24, 2.45) is 0 Å². The second kappa shape index (κ2) is 4.34. The van der Waals surface area contributed by atoms with Crippen molar-refractivity contribution in [1.29, 1.82) is 0 Å². The van der Waals surface area contributed by atoms with E-state index in [1.807, 2.05) is 19.9 Å². The highest BCUT2D eigenvalue weighted by atomic mass is 35.5. The first-order valence-electron chi connectivity index (χ1n) is 5.94. The third kappa shape index (κ3) is 2.47. The van der Waals surface area contributed by atoms with Gasteiger partial charge in [-0.2, -0.15) is 0 Å². The minimum Gasteiger partial charge on any atom is -0.481 e. The third-order valence-corrected chi connectivity index (χ3v) is 3.87. The average molecular weight is 253 g/mol. The van der Waals surface area contributed by atoms with Crippen LogP contribution in [0.3, 0.4) is 0 Å². The number of carboxylic acids is 1. The van der Waals surface area contributed by atoms with Crippen molar-refractivity contribution in [3.05, 3.63) is 33.8 Å². The lowest BCUT2D eigenvalue weighted by atomic mass is 9.80. The van der Waals surface area contributed by atoms with Crippen LogP contribution in [0.4, 0.5) is 0 Å². The highest BCUT2D eigenvalue weighted by Gasteiger charge is 2.26. The summed E-state index contributed by atoms with van der Waals surface area (Å²) in [5.74, 6) is -0.772. The summed E-state index contributed by atoms with van der Waals surface area (Å²) in [5, 5.41) is 9.74. The molecule has 3 heteroatoms. The number of fused-ring (bicyclic) bond motifs is 1. The molecular formula is C14H17ClO2. The quantitative estimate of drug-likeness (QED) is 0.893. The number of halogens is 1. The Bertz CT molecular complexity index is 464. The molecule has 1 aromatic rings. The van der Waals surface area contributed by atoms with Crippen molar-refractivity contribution < 1.29 is 9.90 Å². The van der Waals surface area contributed by atoms with Gasteiger partial charge < -0.3 is 5.11 Å². The molecule has 1 aromatic carbocycles. The Labute approximate surface area is 107 Å². The van der Waals surface area contributed by atoms with Crippen LogP contribution < -0.4 is 0 Å². The number of carboxylic acid groups (broad SMARTS) is 1. The fourth-order valence-electron chi connectivity index (χ4n) is 2.52. The van der Waals surface area contributed by atoms with Crippen LogP contribution in [0.1, 0.15) is 43.4 Å². The molecule has 17 heavy (non-hydrogen) atoms. The Balaban J connectivity index is 2.40. The fraction of sp³-hybridized carbons (Fsp3) is 0.500. The molecule has 0 heterocycles. The summed E-state index contributed by atoms with van der Waals surface area (Å²) in [4.78, 5) is 10.9. The van der Waals surface area contributed by atoms with E-state index in [2.05, 4.69) is 6.07 Å². The summed E-state index contributed by atoms with van der Waals surface area (Å²) < 4.78 is 0. The van der Waals surface area contributed by atoms with E-state index < -0.39 is 5.97 Å². The molecule has 0 unspecified atom stereocenters. The van der Waals surface area contributed by atoms with Crippen LogP contribution in [0.15, 0.2) is 12.1 Å². The van der Waals surface area contributed by atoms with Gasteiger partial charge in [-0.25, -0.2) is 0 Å². The first-order chi connectivity index (χ1) is 7.90. The molecule has 0 saturated heterocycles. The molecule has 0 fully saturated rings. The van der Waals surface area contributed by atoms with Gasteiger partial charge in [-0.05, 0) is 42.0 Å². The Morgan fingerprint density at radius 1 is 1.41 bits per heavy atom. The van der Waals surface area contributed by atoms with E-state index in [4.69, 9.17) is 16.7 Å². The summed E-state index contributed by atoms with van der Waals surface area (Å²) in [6, 6.07) is 4.08. The minimum atomic E-state index is -0.772. The number of hydrogen-bond acceptors (Lipinski definition) is 1. The molecule has 0 bridgehead atoms. The molecule has 0 radical (unpaired) electrons. The maximum absolute atomic E-state index is 10.9. The van der Waals surface area contributed by atoms with E-state index in [1.165, 1.54) is 11.1 Å². The van der Waals surface area contributed by atoms with Crippen molar-refractivity contribution in [2.75, 3.05) is 0 Å². The van der Waals surface area contributed by atoms with E-state index in [1.54, 1.807) is 0 Å². The van der Waals surface area contributed by atoms with Gasteiger partial charge in [0.05, 0.1) is 6.42 Å². The lowest BCUT2D eigenvalue weighted by Crippen LogP contribution is -2.22. The molecule has 0 spiro atoms. The fourth-order valence-corrected chi connectivity index (χ4v) is 2.86. The van der Waals surface area contributed by atoms with Crippen LogP contribution in [0.2, 0.25) is 5.02 Å². The van der Waals surface area contributed by atoms with Gasteiger partial charge in [0.25, 0.3) is 0 Å². The number of carbonyl (C=O) groups is 1. The molecule has 0 atom stereocenters. The van der Waals surface area contributed by atoms with Gasteiger partial charge in [0.15, 0.2) is 0 Å². The van der Waals surface area contributed by atoms with Gasteiger partial charge in [0.2, 0.25) is 0 Å². The Morgan fingerprint density at radius 3 is 2.76 bits per heavy atom.